The number of hydrogen-bond acceptors (Lipinski definition) is 6. The molecule has 2 N–H and O–H groups in total. The van der Waals surface area contributed by atoms with Gasteiger partial charge in [-0.2, -0.15) is 23.4 Å². The van der Waals surface area contributed by atoms with E-state index >= 15 is 0 Å². The van der Waals surface area contributed by atoms with E-state index in [-0.39, 0.29) is 28.7 Å². The molecule has 12 heteroatoms. The number of aliphatic hydroxyl groups is 1. The largest absolute Gasteiger partial charge is 0.421 e. The van der Waals surface area contributed by atoms with E-state index in [1.165, 1.54) is 18.2 Å². The van der Waals surface area contributed by atoms with Gasteiger partial charge in [0.1, 0.15) is 17.3 Å². The van der Waals surface area contributed by atoms with Crippen molar-refractivity contribution in [3.63, 3.8) is 0 Å². The molecule has 38 heavy (non-hydrogen) atoms. The van der Waals surface area contributed by atoms with Crippen molar-refractivity contribution in [2.45, 2.75) is 50.3 Å². The lowest BCUT2D eigenvalue weighted by molar-refractivity contribution is -0.209. The second-order valence-electron chi connectivity index (χ2n) is 10.2. The molecule has 196 valence electrons. The molecule has 2 aliphatic carbocycles. The summed E-state index contributed by atoms with van der Waals surface area (Å²) in [5, 5.41) is 24.2. The van der Waals surface area contributed by atoms with E-state index in [2.05, 4.69) is 39.2 Å². The fourth-order valence-corrected chi connectivity index (χ4v) is 6.22. The lowest BCUT2D eigenvalue weighted by Gasteiger charge is -2.37. The number of aromatic nitrogens is 6. The summed E-state index contributed by atoms with van der Waals surface area (Å²) in [6.07, 6.45) is -6.24. The normalized spacial score (nSPS) is 22.5. The first-order valence-corrected chi connectivity index (χ1v) is 11.9. The molecule has 3 heterocycles. The number of halogens is 5. The summed E-state index contributed by atoms with van der Waals surface area (Å²) >= 11 is 0. The number of hydrogen-bond donors (Lipinski definition) is 2. The first-order chi connectivity index (χ1) is 17.9. The number of benzene rings is 1. The van der Waals surface area contributed by atoms with Gasteiger partial charge in [0.05, 0.1) is 28.1 Å². The molecule has 0 radical (unpaired) electrons. The van der Waals surface area contributed by atoms with E-state index in [0.29, 0.717) is 17.8 Å². The number of aliphatic hydroxyl groups excluding tert-OH is 1. The van der Waals surface area contributed by atoms with Crippen LogP contribution in [0.15, 0.2) is 42.5 Å². The van der Waals surface area contributed by atoms with Gasteiger partial charge in [0.25, 0.3) is 0 Å². The average molecular weight is 528 g/mol. The molecule has 0 aliphatic heterocycles. The third kappa shape index (κ3) is 3.32. The summed E-state index contributed by atoms with van der Waals surface area (Å²) in [7, 11) is 0. The van der Waals surface area contributed by atoms with Gasteiger partial charge in [0.15, 0.2) is 11.6 Å². The van der Waals surface area contributed by atoms with Gasteiger partial charge in [-0.05, 0) is 60.1 Å². The van der Waals surface area contributed by atoms with Crippen molar-refractivity contribution in [3.05, 3.63) is 76.9 Å². The molecule has 1 saturated carbocycles. The highest BCUT2D eigenvalue weighted by molar-refractivity contribution is 5.64. The molecular formula is C26H21F5N6O. The van der Waals surface area contributed by atoms with Gasteiger partial charge in [-0.15, -0.1) is 5.10 Å². The van der Waals surface area contributed by atoms with Crippen molar-refractivity contribution < 1.29 is 27.1 Å². The molecule has 4 aromatic rings. The molecule has 2 bridgehead atoms. The van der Waals surface area contributed by atoms with Crippen LogP contribution in [0.2, 0.25) is 0 Å². The Kier molecular flexibility index (Phi) is 5.23. The molecule has 1 fully saturated rings. The number of alkyl halides is 3. The number of nitrogens with zero attached hydrogens (tertiary/aromatic N) is 5. The lowest BCUT2D eigenvalue weighted by atomic mass is 9.66. The molecule has 0 saturated heterocycles. The van der Waals surface area contributed by atoms with Crippen LogP contribution in [-0.2, 0) is 5.41 Å². The van der Waals surface area contributed by atoms with Crippen molar-refractivity contribution in [1.29, 1.82) is 0 Å². The van der Waals surface area contributed by atoms with Gasteiger partial charge < -0.3 is 5.11 Å². The Labute approximate surface area is 213 Å². The number of fused-ring (bicyclic) bond motifs is 5. The Bertz CT molecular complexity index is 1550. The van der Waals surface area contributed by atoms with E-state index in [0.717, 1.165) is 12.0 Å². The van der Waals surface area contributed by atoms with Crippen LogP contribution >= 0.6 is 0 Å². The van der Waals surface area contributed by atoms with Gasteiger partial charge in [0.2, 0.25) is 6.10 Å². The molecule has 7 nitrogen and oxygen atoms in total. The maximum atomic E-state index is 14.5. The molecule has 6 rings (SSSR count). The van der Waals surface area contributed by atoms with Crippen molar-refractivity contribution in [1.82, 2.24) is 30.4 Å². The predicted octanol–water partition coefficient (Wildman–Crippen LogP) is 5.40. The monoisotopic (exact) mass is 528 g/mol. The van der Waals surface area contributed by atoms with Crippen molar-refractivity contribution in [2.75, 3.05) is 0 Å². The highest BCUT2D eigenvalue weighted by Crippen LogP contribution is 2.69. The van der Waals surface area contributed by atoms with Crippen molar-refractivity contribution in [3.8, 4) is 22.8 Å². The molecule has 3 aromatic heterocycles. The minimum absolute atomic E-state index is 0.0177. The first-order valence-electron chi connectivity index (χ1n) is 11.9. The van der Waals surface area contributed by atoms with Crippen LogP contribution in [0.5, 0.6) is 0 Å². The number of rotatable bonds is 4. The molecule has 0 unspecified atom stereocenters. The van der Waals surface area contributed by atoms with Crippen LogP contribution in [0.4, 0.5) is 22.0 Å². The second kappa shape index (κ2) is 8.10. The number of nitrogens with one attached hydrogen (secondary N) is 1. The SMILES string of the molecule is CC1(C)[C@H]2CC[C@]1(c1cccc(-c3n[nH]c([C@H](O)C(F)(F)F)n3)n1)c1nnc(-c3c(F)cccc3F)cc12. The van der Waals surface area contributed by atoms with Crippen LogP contribution in [0.3, 0.4) is 0 Å². The molecule has 3 atom stereocenters. The minimum atomic E-state index is -4.90. The number of pyridine rings is 1. The van der Waals surface area contributed by atoms with E-state index in [1.807, 2.05) is 6.07 Å². The fourth-order valence-electron chi connectivity index (χ4n) is 6.22. The summed E-state index contributed by atoms with van der Waals surface area (Å²) < 4.78 is 67.7. The third-order valence-corrected chi connectivity index (χ3v) is 8.09. The van der Waals surface area contributed by atoms with E-state index < -0.39 is 40.6 Å². The van der Waals surface area contributed by atoms with E-state index in [4.69, 9.17) is 4.98 Å². The number of aromatic amines is 1. The van der Waals surface area contributed by atoms with Crippen LogP contribution in [-0.4, -0.2) is 41.6 Å². The Morgan fingerprint density at radius 3 is 2.42 bits per heavy atom. The van der Waals surface area contributed by atoms with Crippen LogP contribution in [0, 0.1) is 17.0 Å². The van der Waals surface area contributed by atoms with Crippen LogP contribution in [0.1, 0.15) is 61.5 Å². The Balaban J connectivity index is 1.45. The van der Waals surface area contributed by atoms with Crippen molar-refractivity contribution >= 4 is 0 Å². The maximum Gasteiger partial charge on any atom is 0.421 e. The highest BCUT2D eigenvalue weighted by atomic mass is 19.4. The Hall–Kier alpha value is -3.80. The van der Waals surface area contributed by atoms with E-state index in [9.17, 15) is 27.1 Å². The second-order valence-corrected chi connectivity index (χ2v) is 10.2. The van der Waals surface area contributed by atoms with Crippen molar-refractivity contribution in [2.24, 2.45) is 5.41 Å². The van der Waals surface area contributed by atoms with Gasteiger partial charge in [0, 0.05) is 0 Å². The standard InChI is InChI=1S/C26H21F5N6O/c1-24(2)13-9-10-25(24,20-12(13)11-17(34-35-20)19-14(27)5-3-6-15(19)28)18-8-4-7-16(32-18)22-33-23(37-36-22)21(38)26(29,30)31/h3-8,11,13,21,38H,9-10H2,1-2H3,(H,33,36,37)/t13-,21-,25-/m0/s1. The minimum Gasteiger partial charge on any atom is -0.377 e. The third-order valence-electron chi connectivity index (χ3n) is 8.09. The summed E-state index contributed by atoms with van der Waals surface area (Å²) in [6, 6.07) is 10.4. The van der Waals surface area contributed by atoms with E-state index in [1.54, 1.807) is 18.2 Å². The van der Waals surface area contributed by atoms with Gasteiger partial charge in [-0.3, -0.25) is 5.10 Å². The van der Waals surface area contributed by atoms with Crippen LogP contribution in [0.25, 0.3) is 22.8 Å². The lowest BCUT2D eigenvalue weighted by Crippen LogP contribution is -2.37. The average Bonchev–Trinajstić information content (AvgIpc) is 3.51. The van der Waals surface area contributed by atoms with Gasteiger partial charge >= 0.3 is 6.18 Å². The summed E-state index contributed by atoms with van der Waals surface area (Å²) in [4.78, 5) is 8.55. The summed E-state index contributed by atoms with van der Waals surface area (Å²) in [5.41, 5.74) is 1.10. The van der Waals surface area contributed by atoms with Crippen LogP contribution < -0.4 is 0 Å². The molecule has 0 spiro atoms. The molecular weight excluding hydrogens is 507 g/mol. The Morgan fingerprint density at radius 1 is 1.00 bits per heavy atom. The maximum absolute atomic E-state index is 14.5. The molecule has 0 amide bonds. The Morgan fingerprint density at radius 2 is 1.71 bits per heavy atom. The zero-order valence-electron chi connectivity index (χ0n) is 20.2. The van der Waals surface area contributed by atoms with Gasteiger partial charge in [-0.25, -0.2) is 18.7 Å². The summed E-state index contributed by atoms with van der Waals surface area (Å²) in [5.74, 6) is -2.27. The zero-order valence-corrected chi connectivity index (χ0v) is 20.2. The summed E-state index contributed by atoms with van der Waals surface area (Å²) in [6.45, 7) is 4.16. The fraction of sp³-hybridized carbons (Fsp3) is 0.346. The first kappa shape index (κ1) is 24.5. The number of H-pyrrole nitrogens is 1. The zero-order chi connectivity index (χ0) is 27.0. The topological polar surface area (TPSA) is 100 Å². The highest BCUT2D eigenvalue weighted by Gasteiger charge is 2.65. The quantitative estimate of drug-likeness (QED) is 0.344. The predicted molar refractivity (Wildman–Crippen MR) is 125 cm³/mol. The van der Waals surface area contributed by atoms with Gasteiger partial charge in [-0.1, -0.05) is 26.0 Å². The molecule has 1 aromatic carbocycles. The smallest absolute Gasteiger partial charge is 0.377 e. The molecule has 2 aliphatic rings.